The number of carbonyl (C=O) groups is 1. The van der Waals surface area contributed by atoms with Crippen LogP contribution in [0.25, 0.3) is 11.8 Å². The van der Waals surface area contributed by atoms with Gasteiger partial charge in [-0.3, -0.25) is 9.69 Å². The number of hydrogen-bond donors (Lipinski definition) is 0. The predicted octanol–water partition coefficient (Wildman–Crippen LogP) is 5.51. The Morgan fingerprint density at radius 1 is 1.00 bits per heavy atom. The minimum atomic E-state index is -0.101. The van der Waals surface area contributed by atoms with E-state index in [9.17, 15) is 4.79 Å². The number of carbonyl (C=O) groups excluding carboxylic acids is 1. The van der Waals surface area contributed by atoms with Gasteiger partial charge in [-0.15, -0.1) is 0 Å². The van der Waals surface area contributed by atoms with Gasteiger partial charge in [0.25, 0.3) is 5.91 Å². The Morgan fingerprint density at radius 3 is 2.34 bits per heavy atom. The zero-order chi connectivity index (χ0) is 20.5. The Kier molecular flexibility index (Phi) is 5.30. The van der Waals surface area contributed by atoms with E-state index in [4.69, 9.17) is 17.0 Å². The van der Waals surface area contributed by atoms with Gasteiger partial charge in [-0.05, 0) is 67.4 Å². The van der Waals surface area contributed by atoms with Gasteiger partial charge in [-0.1, -0.05) is 42.2 Å². The Balaban J connectivity index is 1.68. The molecule has 2 heterocycles. The Hall–Kier alpha value is -2.83. The second-order valence-corrected chi connectivity index (χ2v) is 8.41. The molecule has 1 amide bonds. The molecule has 1 aliphatic heterocycles. The lowest BCUT2D eigenvalue weighted by Crippen LogP contribution is -2.27. The quantitative estimate of drug-likeness (QED) is 0.412. The van der Waals surface area contributed by atoms with Gasteiger partial charge < -0.3 is 9.30 Å². The minimum absolute atomic E-state index is 0.101. The number of thioether (sulfide) groups is 1. The third-order valence-corrected chi connectivity index (χ3v) is 6.24. The van der Waals surface area contributed by atoms with Gasteiger partial charge in [0.05, 0.1) is 17.7 Å². The van der Waals surface area contributed by atoms with Crippen LogP contribution in [0.5, 0.6) is 5.75 Å². The standard InChI is InChI=1S/C23H20N2O2S2/c1-15-14-24(17-7-5-4-6-8-17)16(2)20(15)13-21-22(26)25(23(28)29-21)18-9-11-19(27-3)12-10-18/h4-14H,1-3H3. The summed E-state index contributed by atoms with van der Waals surface area (Å²) >= 11 is 6.82. The molecule has 1 aliphatic rings. The Bertz CT molecular complexity index is 1120. The van der Waals surface area contributed by atoms with E-state index in [0.717, 1.165) is 33.9 Å². The van der Waals surface area contributed by atoms with E-state index in [2.05, 4.69) is 36.7 Å². The third kappa shape index (κ3) is 3.61. The summed E-state index contributed by atoms with van der Waals surface area (Å²) in [4.78, 5) is 15.3. The monoisotopic (exact) mass is 420 g/mol. The van der Waals surface area contributed by atoms with Gasteiger partial charge in [0.15, 0.2) is 4.32 Å². The van der Waals surface area contributed by atoms with Crippen LogP contribution in [0.2, 0.25) is 0 Å². The summed E-state index contributed by atoms with van der Waals surface area (Å²) < 4.78 is 7.87. The van der Waals surface area contributed by atoms with E-state index < -0.39 is 0 Å². The molecule has 146 valence electrons. The molecule has 0 saturated carbocycles. The average molecular weight is 421 g/mol. The SMILES string of the molecule is COc1ccc(N2C(=O)C(=Cc3c(C)cn(-c4ccccc4)c3C)SC2=S)cc1. The second-order valence-electron chi connectivity index (χ2n) is 6.73. The molecule has 0 N–H and O–H groups in total. The molecule has 1 aromatic heterocycles. The highest BCUT2D eigenvalue weighted by Gasteiger charge is 2.33. The number of methoxy groups -OCH3 is 1. The molecule has 0 spiro atoms. The molecule has 1 saturated heterocycles. The lowest BCUT2D eigenvalue weighted by molar-refractivity contribution is -0.113. The van der Waals surface area contributed by atoms with Crippen LogP contribution >= 0.6 is 24.0 Å². The largest absolute Gasteiger partial charge is 0.497 e. The molecule has 4 rings (SSSR count). The maximum atomic E-state index is 13.1. The smallest absolute Gasteiger partial charge is 0.270 e. The summed E-state index contributed by atoms with van der Waals surface area (Å²) in [6.07, 6.45) is 4.05. The number of benzene rings is 2. The molecule has 6 heteroatoms. The van der Waals surface area contributed by atoms with Crippen molar-refractivity contribution in [3.05, 3.63) is 82.5 Å². The normalized spacial score (nSPS) is 15.4. The molecule has 0 unspecified atom stereocenters. The van der Waals surface area contributed by atoms with E-state index in [1.807, 2.05) is 48.5 Å². The summed E-state index contributed by atoms with van der Waals surface area (Å²) in [6, 6.07) is 17.5. The van der Waals surface area contributed by atoms with Gasteiger partial charge in [0.2, 0.25) is 0 Å². The van der Waals surface area contributed by atoms with Crippen molar-refractivity contribution in [3.8, 4) is 11.4 Å². The van der Waals surface area contributed by atoms with E-state index in [1.165, 1.54) is 11.8 Å². The van der Waals surface area contributed by atoms with Crippen molar-refractivity contribution in [2.24, 2.45) is 0 Å². The lowest BCUT2D eigenvalue weighted by atomic mass is 10.1. The molecule has 29 heavy (non-hydrogen) atoms. The Labute approximate surface area is 179 Å². The number of ether oxygens (including phenoxy) is 1. The fraction of sp³-hybridized carbons (Fsp3) is 0.130. The van der Waals surface area contributed by atoms with E-state index in [1.54, 1.807) is 12.0 Å². The Morgan fingerprint density at radius 2 is 1.69 bits per heavy atom. The molecule has 0 bridgehead atoms. The number of anilines is 1. The number of aryl methyl sites for hydroxylation is 1. The highest BCUT2D eigenvalue weighted by atomic mass is 32.2. The predicted molar refractivity (Wildman–Crippen MR) is 124 cm³/mol. The van der Waals surface area contributed by atoms with Crippen LogP contribution in [-0.2, 0) is 4.79 Å². The summed E-state index contributed by atoms with van der Waals surface area (Å²) in [5, 5.41) is 0. The van der Waals surface area contributed by atoms with Crippen molar-refractivity contribution in [1.29, 1.82) is 0 Å². The molecular formula is C23H20N2O2S2. The number of aromatic nitrogens is 1. The van der Waals surface area contributed by atoms with Gasteiger partial charge in [-0.2, -0.15) is 0 Å². The minimum Gasteiger partial charge on any atom is -0.497 e. The molecule has 2 aromatic carbocycles. The maximum absolute atomic E-state index is 13.1. The van der Waals surface area contributed by atoms with E-state index in [-0.39, 0.29) is 5.91 Å². The fourth-order valence-corrected chi connectivity index (χ4v) is 4.68. The average Bonchev–Trinajstić information content (AvgIpc) is 3.18. The first-order valence-electron chi connectivity index (χ1n) is 9.15. The summed E-state index contributed by atoms with van der Waals surface area (Å²) in [6.45, 7) is 4.12. The van der Waals surface area contributed by atoms with Crippen LogP contribution in [0, 0.1) is 13.8 Å². The maximum Gasteiger partial charge on any atom is 0.270 e. The zero-order valence-corrected chi connectivity index (χ0v) is 18.0. The van der Waals surface area contributed by atoms with Crippen molar-refractivity contribution < 1.29 is 9.53 Å². The van der Waals surface area contributed by atoms with Crippen LogP contribution in [0.1, 0.15) is 16.8 Å². The molecule has 0 atom stereocenters. The second kappa shape index (κ2) is 7.89. The lowest BCUT2D eigenvalue weighted by Gasteiger charge is -2.14. The van der Waals surface area contributed by atoms with Crippen LogP contribution in [-0.4, -0.2) is 21.9 Å². The molecule has 0 aliphatic carbocycles. The number of thiocarbonyl (C=S) groups is 1. The van der Waals surface area contributed by atoms with Gasteiger partial charge in [0, 0.05) is 17.6 Å². The number of nitrogens with zero attached hydrogens (tertiary/aromatic N) is 2. The van der Waals surface area contributed by atoms with Crippen LogP contribution in [0.3, 0.4) is 0 Å². The molecule has 1 fully saturated rings. The molecule has 4 nitrogen and oxygen atoms in total. The fourth-order valence-electron chi connectivity index (χ4n) is 3.40. The number of para-hydroxylation sites is 1. The zero-order valence-electron chi connectivity index (χ0n) is 16.4. The number of hydrogen-bond acceptors (Lipinski definition) is 4. The summed E-state index contributed by atoms with van der Waals surface area (Å²) in [5.74, 6) is 0.639. The van der Waals surface area contributed by atoms with Gasteiger partial charge in [-0.25, -0.2) is 0 Å². The van der Waals surface area contributed by atoms with Crippen molar-refractivity contribution >= 4 is 46.0 Å². The van der Waals surface area contributed by atoms with E-state index >= 15 is 0 Å². The number of amides is 1. The first kappa shape index (κ1) is 19.5. The highest BCUT2D eigenvalue weighted by molar-refractivity contribution is 8.27. The number of rotatable bonds is 4. The first-order chi connectivity index (χ1) is 14.0. The van der Waals surface area contributed by atoms with Crippen LogP contribution in [0.15, 0.2) is 65.7 Å². The molecule has 3 aromatic rings. The van der Waals surface area contributed by atoms with Crippen molar-refractivity contribution in [2.45, 2.75) is 13.8 Å². The van der Waals surface area contributed by atoms with Crippen molar-refractivity contribution in [1.82, 2.24) is 4.57 Å². The van der Waals surface area contributed by atoms with Gasteiger partial charge in [0.1, 0.15) is 5.75 Å². The molecular weight excluding hydrogens is 400 g/mol. The summed E-state index contributed by atoms with van der Waals surface area (Å²) in [7, 11) is 1.61. The van der Waals surface area contributed by atoms with Crippen molar-refractivity contribution in [3.63, 3.8) is 0 Å². The van der Waals surface area contributed by atoms with E-state index in [0.29, 0.717) is 9.23 Å². The first-order valence-corrected chi connectivity index (χ1v) is 10.4. The topological polar surface area (TPSA) is 34.5 Å². The van der Waals surface area contributed by atoms with Crippen LogP contribution < -0.4 is 9.64 Å². The van der Waals surface area contributed by atoms with Crippen molar-refractivity contribution in [2.75, 3.05) is 12.0 Å². The van der Waals surface area contributed by atoms with Crippen LogP contribution in [0.4, 0.5) is 5.69 Å². The third-order valence-electron chi connectivity index (χ3n) is 4.93. The summed E-state index contributed by atoms with van der Waals surface area (Å²) in [5.41, 5.74) is 5.08. The highest BCUT2D eigenvalue weighted by Crippen LogP contribution is 2.37. The van der Waals surface area contributed by atoms with Gasteiger partial charge >= 0.3 is 0 Å². The molecule has 0 radical (unpaired) electrons.